The highest BCUT2D eigenvalue weighted by Crippen LogP contribution is 2.73. The van der Waals surface area contributed by atoms with Gasteiger partial charge in [0.2, 0.25) is 0 Å². The van der Waals surface area contributed by atoms with Crippen LogP contribution in [0.25, 0.3) is 0 Å². The Morgan fingerprint density at radius 2 is 1.71 bits per heavy atom. The zero-order valence-electron chi connectivity index (χ0n) is 23.9. The summed E-state index contributed by atoms with van der Waals surface area (Å²) in [5.41, 5.74) is 3.00. The number of allylic oxidation sites excluding steroid dienone is 2. The van der Waals surface area contributed by atoms with Gasteiger partial charge in [0.25, 0.3) is 0 Å². The number of carbonyl (C=O) groups excluding carboxylic acids is 1. The Kier molecular flexibility index (Phi) is 6.92. The SMILES string of the molecule is CC(=O)O[C@H]1CC[C@]2(C)[C@H]3CC[C@@]4(C)[C@@H]([C@H](C)CCCC(C)C)CC[C@]4(C)C3=CC[C@H]2C1(C)C. The lowest BCUT2D eigenvalue weighted by molar-refractivity contribution is -0.174. The monoisotopic (exact) mass is 470 g/mol. The zero-order chi connectivity index (χ0) is 25.1. The fraction of sp³-hybridized carbons (Fsp3) is 0.906. The molecule has 2 nitrogen and oxygen atoms in total. The van der Waals surface area contributed by atoms with Crippen LogP contribution >= 0.6 is 0 Å². The Morgan fingerprint density at radius 1 is 1.00 bits per heavy atom. The molecule has 0 spiro atoms. The maximum Gasteiger partial charge on any atom is 0.302 e. The van der Waals surface area contributed by atoms with Gasteiger partial charge in [-0.25, -0.2) is 0 Å². The number of hydrogen-bond acceptors (Lipinski definition) is 2. The zero-order valence-corrected chi connectivity index (χ0v) is 23.9. The van der Waals surface area contributed by atoms with E-state index in [0.29, 0.717) is 28.1 Å². The predicted octanol–water partition coefficient (Wildman–Crippen LogP) is 8.99. The molecule has 0 heterocycles. The number of esters is 1. The molecule has 4 aliphatic rings. The minimum atomic E-state index is -0.117. The normalized spacial score (nSPS) is 44.0. The van der Waals surface area contributed by atoms with Crippen LogP contribution in [0.4, 0.5) is 0 Å². The van der Waals surface area contributed by atoms with E-state index in [1.165, 1.54) is 51.4 Å². The fourth-order valence-electron chi connectivity index (χ4n) is 10.1. The second-order valence-corrected chi connectivity index (χ2v) is 14.7. The summed E-state index contributed by atoms with van der Waals surface area (Å²) in [6.45, 7) is 21.6. The van der Waals surface area contributed by atoms with Gasteiger partial charge in [-0.15, -0.1) is 0 Å². The minimum Gasteiger partial charge on any atom is -0.462 e. The Hall–Kier alpha value is -0.790. The summed E-state index contributed by atoms with van der Waals surface area (Å²) in [5, 5.41) is 0. The summed E-state index contributed by atoms with van der Waals surface area (Å²) >= 11 is 0. The van der Waals surface area contributed by atoms with Crippen LogP contribution in [0.3, 0.4) is 0 Å². The lowest BCUT2D eigenvalue weighted by Crippen LogP contribution is -2.58. The molecule has 0 N–H and O–H groups in total. The molecule has 4 aliphatic carbocycles. The summed E-state index contributed by atoms with van der Waals surface area (Å²) in [6.07, 6.45) is 15.9. The van der Waals surface area contributed by atoms with Crippen molar-refractivity contribution in [3.63, 3.8) is 0 Å². The van der Waals surface area contributed by atoms with E-state index in [1.807, 2.05) is 5.57 Å². The van der Waals surface area contributed by atoms with E-state index >= 15 is 0 Å². The van der Waals surface area contributed by atoms with Crippen LogP contribution in [0.5, 0.6) is 0 Å². The first-order valence-corrected chi connectivity index (χ1v) is 14.6. The molecule has 0 unspecified atom stereocenters. The summed E-state index contributed by atoms with van der Waals surface area (Å²) in [4.78, 5) is 11.8. The van der Waals surface area contributed by atoms with Gasteiger partial charge >= 0.3 is 5.97 Å². The van der Waals surface area contributed by atoms with Crippen LogP contribution in [0.1, 0.15) is 127 Å². The molecule has 0 aromatic rings. The highest BCUT2D eigenvalue weighted by molar-refractivity contribution is 5.66. The molecule has 0 saturated heterocycles. The molecule has 34 heavy (non-hydrogen) atoms. The minimum absolute atomic E-state index is 0.0332. The van der Waals surface area contributed by atoms with Crippen molar-refractivity contribution in [2.75, 3.05) is 0 Å². The second-order valence-electron chi connectivity index (χ2n) is 14.7. The van der Waals surface area contributed by atoms with Crippen LogP contribution in [0.2, 0.25) is 0 Å². The number of rotatable bonds is 6. The smallest absolute Gasteiger partial charge is 0.302 e. The van der Waals surface area contributed by atoms with E-state index in [-0.39, 0.29) is 17.5 Å². The van der Waals surface area contributed by atoms with E-state index in [4.69, 9.17) is 4.74 Å². The number of carbonyl (C=O) groups is 1. The Bertz CT molecular complexity index is 808. The van der Waals surface area contributed by atoms with Crippen LogP contribution in [-0.4, -0.2) is 12.1 Å². The summed E-state index contributed by atoms with van der Waals surface area (Å²) in [7, 11) is 0. The fourth-order valence-corrected chi connectivity index (χ4v) is 10.1. The van der Waals surface area contributed by atoms with Crippen LogP contribution < -0.4 is 0 Å². The van der Waals surface area contributed by atoms with E-state index < -0.39 is 0 Å². The predicted molar refractivity (Wildman–Crippen MR) is 142 cm³/mol. The average molecular weight is 471 g/mol. The largest absolute Gasteiger partial charge is 0.462 e. The molecule has 0 aliphatic heterocycles. The van der Waals surface area contributed by atoms with E-state index in [9.17, 15) is 4.79 Å². The molecule has 3 saturated carbocycles. The van der Waals surface area contributed by atoms with Gasteiger partial charge < -0.3 is 4.74 Å². The summed E-state index contributed by atoms with van der Waals surface area (Å²) in [6, 6.07) is 0. The average Bonchev–Trinajstić information content (AvgIpc) is 3.01. The molecule has 2 heteroatoms. The molecular formula is C32H54O2. The third-order valence-electron chi connectivity index (χ3n) is 12.3. The Labute approximate surface area is 211 Å². The van der Waals surface area contributed by atoms with Crippen molar-refractivity contribution >= 4 is 5.97 Å². The molecule has 3 fully saturated rings. The first kappa shape index (κ1) is 26.3. The highest BCUT2D eigenvalue weighted by Gasteiger charge is 2.65. The van der Waals surface area contributed by atoms with Gasteiger partial charge in [0.05, 0.1) is 0 Å². The maximum atomic E-state index is 11.8. The maximum absolute atomic E-state index is 11.8. The number of fused-ring (bicyclic) bond motifs is 5. The molecule has 0 radical (unpaired) electrons. The lowest BCUT2D eigenvalue weighted by atomic mass is 9.41. The van der Waals surface area contributed by atoms with Gasteiger partial charge in [-0.2, -0.15) is 0 Å². The third-order valence-corrected chi connectivity index (χ3v) is 12.3. The molecule has 0 aromatic heterocycles. The van der Waals surface area contributed by atoms with Gasteiger partial charge in [-0.1, -0.05) is 86.3 Å². The van der Waals surface area contributed by atoms with Crippen molar-refractivity contribution in [3.8, 4) is 0 Å². The van der Waals surface area contributed by atoms with E-state index in [2.05, 4.69) is 61.5 Å². The van der Waals surface area contributed by atoms with E-state index in [0.717, 1.165) is 30.6 Å². The van der Waals surface area contributed by atoms with Gasteiger partial charge in [0.15, 0.2) is 0 Å². The van der Waals surface area contributed by atoms with E-state index in [1.54, 1.807) is 6.92 Å². The van der Waals surface area contributed by atoms with Gasteiger partial charge in [0, 0.05) is 12.3 Å². The van der Waals surface area contributed by atoms with Crippen molar-refractivity contribution in [2.45, 2.75) is 133 Å². The first-order valence-electron chi connectivity index (χ1n) is 14.6. The number of hydrogen-bond donors (Lipinski definition) is 0. The summed E-state index contributed by atoms with van der Waals surface area (Å²) < 4.78 is 5.87. The topological polar surface area (TPSA) is 26.3 Å². The molecule has 4 rings (SSSR count). The molecule has 0 amide bonds. The van der Waals surface area contributed by atoms with Gasteiger partial charge in [-0.05, 0) is 90.8 Å². The molecule has 0 aromatic carbocycles. The lowest BCUT2D eigenvalue weighted by Gasteiger charge is -2.64. The van der Waals surface area contributed by atoms with Gasteiger partial charge in [0.1, 0.15) is 6.10 Å². The van der Waals surface area contributed by atoms with Crippen molar-refractivity contribution in [2.24, 2.45) is 51.2 Å². The van der Waals surface area contributed by atoms with Crippen LogP contribution in [0, 0.1) is 51.2 Å². The van der Waals surface area contributed by atoms with Crippen molar-refractivity contribution < 1.29 is 9.53 Å². The van der Waals surface area contributed by atoms with Crippen LogP contribution in [0.15, 0.2) is 11.6 Å². The highest BCUT2D eigenvalue weighted by atomic mass is 16.5. The Balaban J connectivity index is 1.59. The quantitative estimate of drug-likeness (QED) is 0.286. The second kappa shape index (κ2) is 8.95. The Morgan fingerprint density at radius 3 is 2.35 bits per heavy atom. The summed E-state index contributed by atoms with van der Waals surface area (Å²) in [5.74, 6) is 3.72. The van der Waals surface area contributed by atoms with Crippen LogP contribution in [-0.2, 0) is 9.53 Å². The van der Waals surface area contributed by atoms with Gasteiger partial charge in [-0.3, -0.25) is 4.79 Å². The van der Waals surface area contributed by atoms with Crippen molar-refractivity contribution in [1.29, 1.82) is 0 Å². The molecule has 194 valence electrons. The first-order chi connectivity index (χ1) is 15.8. The standard InChI is InChI=1S/C32H54O2/c1-21(2)11-10-12-22(3)24-15-19-32(9)26-13-14-27-29(5,6)28(34-23(4)33)17-18-30(27,7)25(26)16-20-31(24,32)8/h13,21-22,24-25,27-28H,10-12,14-20H2,1-9H3/t22-,24-,25+,27+,28+,30-,31+,32-/m1/s1. The third kappa shape index (κ3) is 3.92. The number of ether oxygens (including phenoxy) is 1. The van der Waals surface area contributed by atoms with Crippen molar-refractivity contribution in [1.82, 2.24) is 0 Å². The molecule has 0 bridgehead atoms. The van der Waals surface area contributed by atoms with Crippen molar-refractivity contribution in [3.05, 3.63) is 11.6 Å². The molecular weight excluding hydrogens is 416 g/mol. The molecule has 8 atom stereocenters.